The molecule has 0 fully saturated rings. The largest absolute Gasteiger partial charge is 0.497 e. The molecule has 0 spiro atoms. The maximum atomic E-state index is 12.4. The monoisotopic (exact) mass is 471 g/mol. The van der Waals surface area contributed by atoms with Crippen LogP contribution in [-0.2, 0) is 0 Å². The second kappa shape index (κ2) is 9.39. The summed E-state index contributed by atoms with van der Waals surface area (Å²) in [5.41, 5.74) is 4.66. The summed E-state index contributed by atoms with van der Waals surface area (Å²) < 4.78 is 17.1. The topological polar surface area (TPSA) is 61.0 Å². The van der Waals surface area contributed by atoms with Gasteiger partial charge in [-0.15, -0.1) is 11.8 Å². The van der Waals surface area contributed by atoms with Crippen LogP contribution in [0.25, 0.3) is 11.0 Å². The fourth-order valence-electron chi connectivity index (χ4n) is 4.29. The number of hydrogen-bond acceptors (Lipinski definition) is 6. The van der Waals surface area contributed by atoms with Gasteiger partial charge in [-0.05, 0) is 61.4 Å². The Morgan fingerprint density at radius 3 is 2.65 bits per heavy atom. The fraction of sp³-hybridized carbons (Fsp3) is 0.214. The van der Waals surface area contributed by atoms with Crippen LogP contribution < -0.4 is 15.1 Å². The Morgan fingerprint density at radius 2 is 1.88 bits per heavy atom. The molecule has 6 heteroatoms. The molecule has 1 aromatic heterocycles. The summed E-state index contributed by atoms with van der Waals surface area (Å²) in [4.78, 5) is 18.6. The molecule has 0 aliphatic carbocycles. The zero-order valence-corrected chi connectivity index (χ0v) is 20.1. The molecule has 2 heterocycles. The van der Waals surface area contributed by atoms with Crippen molar-refractivity contribution in [3.05, 3.63) is 93.8 Å². The Kier molecular flexibility index (Phi) is 6.16. The number of hydrogen-bond donors (Lipinski definition) is 0. The lowest BCUT2D eigenvalue weighted by Crippen LogP contribution is -2.11. The van der Waals surface area contributed by atoms with Crippen LogP contribution >= 0.6 is 11.8 Å². The predicted molar refractivity (Wildman–Crippen MR) is 137 cm³/mol. The maximum absolute atomic E-state index is 12.4. The van der Waals surface area contributed by atoms with E-state index >= 15 is 0 Å². The third-order valence-corrected chi connectivity index (χ3v) is 7.25. The first-order valence-electron chi connectivity index (χ1n) is 11.2. The number of ether oxygens (including phenoxy) is 2. The Labute approximate surface area is 202 Å². The second-order valence-electron chi connectivity index (χ2n) is 8.11. The quantitative estimate of drug-likeness (QED) is 0.297. The van der Waals surface area contributed by atoms with Crippen LogP contribution in [0, 0.1) is 6.92 Å². The normalized spacial score (nSPS) is 15.4. The number of fused-ring (bicyclic) bond motifs is 2. The van der Waals surface area contributed by atoms with Gasteiger partial charge in [0.1, 0.15) is 11.5 Å². The molecule has 0 N–H and O–H groups in total. The fourth-order valence-corrected chi connectivity index (χ4v) is 5.52. The molecule has 0 amide bonds. The van der Waals surface area contributed by atoms with Crippen LogP contribution in [0.15, 0.2) is 85.8 Å². The van der Waals surface area contributed by atoms with E-state index in [1.165, 1.54) is 11.6 Å². The van der Waals surface area contributed by atoms with Crippen molar-refractivity contribution in [3.8, 4) is 11.5 Å². The smallest absolute Gasteiger partial charge is 0.336 e. The van der Waals surface area contributed by atoms with Gasteiger partial charge in [0.15, 0.2) is 5.58 Å². The molecule has 5 rings (SSSR count). The number of aliphatic imine (C=N–C) groups is 1. The molecule has 1 aliphatic rings. The highest BCUT2D eigenvalue weighted by molar-refractivity contribution is 7.99. The average molecular weight is 472 g/mol. The van der Waals surface area contributed by atoms with Crippen molar-refractivity contribution >= 4 is 34.1 Å². The van der Waals surface area contributed by atoms with Crippen LogP contribution in [0.5, 0.6) is 11.5 Å². The highest BCUT2D eigenvalue weighted by Crippen LogP contribution is 2.47. The van der Waals surface area contributed by atoms with Crippen molar-refractivity contribution in [2.24, 2.45) is 4.99 Å². The SMILES string of the molecule is CCOc1ccc2c(C)cc(=O)oc2c1C1=Nc2ccccc2S[C@@H](c2ccc(OC)cc2)C1. The number of nitrogens with zero attached hydrogens (tertiary/aromatic N) is 1. The van der Waals surface area contributed by atoms with Crippen molar-refractivity contribution in [1.82, 2.24) is 0 Å². The van der Waals surface area contributed by atoms with E-state index in [1.54, 1.807) is 18.9 Å². The number of thioether (sulfide) groups is 1. The van der Waals surface area contributed by atoms with Crippen molar-refractivity contribution < 1.29 is 13.9 Å². The van der Waals surface area contributed by atoms with Gasteiger partial charge in [-0.3, -0.25) is 4.99 Å². The van der Waals surface area contributed by atoms with E-state index in [4.69, 9.17) is 18.9 Å². The standard InChI is InChI=1S/C28H25NO4S/c1-4-32-23-14-13-20-17(2)15-26(30)33-28(20)27(23)22-16-25(18-9-11-19(31-3)12-10-18)34-24-8-6-5-7-21(24)29-22/h5-15,25H,4,16H2,1-3H3/t25-/m1/s1. The second-order valence-corrected chi connectivity index (χ2v) is 9.35. The van der Waals surface area contributed by atoms with Crippen molar-refractivity contribution in [2.75, 3.05) is 13.7 Å². The van der Waals surface area contributed by atoms with Crippen LogP contribution in [0.3, 0.4) is 0 Å². The van der Waals surface area contributed by atoms with Crippen molar-refractivity contribution in [3.63, 3.8) is 0 Å². The van der Waals surface area contributed by atoms with Crippen LogP contribution in [0.4, 0.5) is 5.69 Å². The summed E-state index contributed by atoms with van der Waals surface area (Å²) in [5.74, 6) is 1.49. The lowest BCUT2D eigenvalue weighted by molar-refractivity contribution is 0.339. The summed E-state index contributed by atoms with van der Waals surface area (Å²) >= 11 is 1.79. The van der Waals surface area contributed by atoms with Gasteiger partial charge < -0.3 is 13.9 Å². The van der Waals surface area contributed by atoms with E-state index in [0.717, 1.165) is 38.6 Å². The summed E-state index contributed by atoms with van der Waals surface area (Å²) in [7, 11) is 1.67. The van der Waals surface area contributed by atoms with Gasteiger partial charge in [0, 0.05) is 28.0 Å². The molecule has 1 aliphatic heterocycles. The molecule has 0 bridgehead atoms. The van der Waals surface area contributed by atoms with Gasteiger partial charge in [0.2, 0.25) is 0 Å². The molecule has 0 saturated carbocycles. The molecule has 4 aromatic rings. The third kappa shape index (κ3) is 4.21. The number of rotatable bonds is 5. The van der Waals surface area contributed by atoms with E-state index < -0.39 is 0 Å². The van der Waals surface area contributed by atoms with Crippen LogP contribution in [0.1, 0.15) is 35.3 Å². The number of benzene rings is 3. The molecule has 0 unspecified atom stereocenters. The van der Waals surface area contributed by atoms with Gasteiger partial charge in [-0.2, -0.15) is 0 Å². The molecule has 1 atom stereocenters. The summed E-state index contributed by atoms with van der Waals surface area (Å²) in [6.07, 6.45) is 0.641. The first-order valence-corrected chi connectivity index (χ1v) is 12.1. The van der Waals surface area contributed by atoms with Gasteiger partial charge >= 0.3 is 5.63 Å². The third-order valence-electron chi connectivity index (χ3n) is 5.93. The zero-order chi connectivity index (χ0) is 23.7. The van der Waals surface area contributed by atoms with Gasteiger partial charge in [0.25, 0.3) is 0 Å². The molecule has 34 heavy (non-hydrogen) atoms. The minimum absolute atomic E-state index is 0.106. The lowest BCUT2D eigenvalue weighted by Gasteiger charge is -2.19. The average Bonchev–Trinajstić information content (AvgIpc) is 3.03. The van der Waals surface area contributed by atoms with E-state index in [-0.39, 0.29) is 10.9 Å². The first kappa shape index (κ1) is 22.3. The Hall–Kier alpha value is -3.51. The van der Waals surface area contributed by atoms with E-state index in [2.05, 4.69) is 18.2 Å². The highest BCUT2D eigenvalue weighted by atomic mass is 32.2. The van der Waals surface area contributed by atoms with Crippen LogP contribution in [-0.4, -0.2) is 19.4 Å². The molecule has 3 aromatic carbocycles. The number of para-hydroxylation sites is 1. The van der Waals surface area contributed by atoms with Crippen LogP contribution in [0.2, 0.25) is 0 Å². The predicted octanol–water partition coefficient (Wildman–Crippen LogP) is 6.87. The molecule has 0 radical (unpaired) electrons. The molecular formula is C28H25NO4S. The Balaban J connectivity index is 1.73. The highest BCUT2D eigenvalue weighted by Gasteiger charge is 2.27. The Morgan fingerprint density at radius 1 is 1.09 bits per heavy atom. The summed E-state index contributed by atoms with van der Waals surface area (Å²) in [6, 6.07) is 21.7. The van der Waals surface area contributed by atoms with Gasteiger partial charge in [0.05, 0.1) is 30.7 Å². The minimum Gasteiger partial charge on any atom is -0.497 e. The first-order chi connectivity index (χ1) is 16.6. The number of aryl methyl sites for hydroxylation is 1. The summed E-state index contributed by atoms with van der Waals surface area (Å²) in [6.45, 7) is 4.36. The Bertz CT molecular complexity index is 1440. The lowest BCUT2D eigenvalue weighted by atomic mass is 9.97. The maximum Gasteiger partial charge on any atom is 0.336 e. The summed E-state index contributed by atoms with van der Waals surface area (Å²) in [5, 5.41) is 0.988. The van der Waals surface area contributed by atoms with Crippen molar-refractivity contribution in [2.45, 2.75) is 30.4 Å². The zero-order valence-electron chi connectivity index (χ0n) is 19.3. The van der Waals surface area contributed by atoms with E-state index in [0.29, 0.717) is 24.4 Å². The number of methoxy groups -OCH3 is 1. The van der Waals surface area contributed by atoms with E-state index in [1.807, 2.05) is 56.3 Å². The van der Waals surface area contributed by atoms with E-state index in [9.17, 15) is 4.79 Å². The molecule has 172 valence electrons. The minimum atomic E-state index is -0.379. The molecule has 5 nitrogen and oxygen atoms in total. The van der Waals surface area contributed by atoms with Gasteiger partial charge in [-0.1, -0.05) is 24.3 Å². The van der Waals surface area contributed by atoms with Crippen molar-refractivity contribution in [1.29, 1.82) is 0 Å². The van der Waals surface area contributed by atoms with Gasteiger partial charge in [-0.25, -0.2) is 4.79 Å². The molecule has 0 saturated heterocycles. The molecular weight excluding hydrogens is 446 g/mol.